The Hall–Kier alpha value is -2.97. The van der Waals surface area contributed by atoms with E-state index in [4.69, 9.17) is 11.6 Å². The van der Waals surface area contributed by atoms with E-state index in [1.807, 2.05) is 25.1 Å². The predicted molar refractivity (Wildman–Crippen MR) is 137 cm³/mol. The first-order chi connectivity index (χ1) is 16.4. The number of aromatic nitrogens is 3. The van der Waals surface area contributed by atoms with E-state index in [1.165, 1.54) is 44.2 Å². The maximum absolute atomic E-state index is 12.7. The van der Waals surface area contributed by atoms with Crippen molar-refractivity contribution < 1.29 is 8.42 Å². The van der Waals surface area contributed by atoms with Crippen molar-refractivity contribution in [2.24, 2.45) is 0 Å². The minimum Gasteiger partial charge on any atom is -0.351 e. The van der Waals surface area contributed by atoms with E-state index < -0.39 is 10.0 Å². The Bertz CT molecular complexity index is 1260. The summed E-state index contributed by atoms with van der Waals surface area (Å²) in [5.74, 6) is 0.908. The molecular formula is C25H28ClN5O2S. The zero-order valence-electron chi connectivity index (χ0n) is 19.0. The lowest BCUT2D eigenvalue weighted by molar-refractivity contribution is 0.461. The highest BCUT2D eigenvalue weighted by Gasteiger charge is 2.18. The molecule has 3 aromatic rings. The molecule has 178 valence electrons. The van der Waals surface area contributed by atoms with Gasteiger partial charge in [0.25, 0.3) is 10.0 Å². The molecule has 1 aromatic carbocycles. The molecule has 0 bridgehead atoms. The van der Waals surface area contributed by atoms with Gasteiger partial charge < -0.3 is 5.32 Å². The standard InChI is InChI=1S/C25H28ClN5O2S/c1-2-22-19(13-12-18-16-27-25(28-17-18)29-20-8-4-3-5-9-20)14-15-24(30-22)31-34(32,33)23-11-7-6-10-21(23)26/h6-7,10-17,20H,2-5,8-9H2,1H3,(H,30,31)(H,27,28,29)/b13-12+. The third kappa shape index (κ3) is 6.12. The summed E-state index contributed by atoms with van der Waals surface area (Å²) >= 11 is 6.05. The van der Waals surface area contributed by atoms with E-state index in [9.17, 15) is 8.42 Å². The number of halogens is 1. The second-order valence-corrected chi connectivity index (χ2v) is 10.3. The summed E-state index contributed by atoms with van der Waals surface area (Å²) < 4.78 is 27.9. The van der Waals surface area contributed by atoms with Gasteiger partial charge in [-0.2, -0.15) is 0 Å². The van der Waals surface area contributed by atoms with Crippen LogP contribution in [0.1, 0.15) is 55.8 Å². The van der Waals surface area contributed by atoms with Crippen LogP contribution in [0.3, 0.4) is 0 Å². The molecule has 1 saturated carbocycles. The Morgan fingerprint density at radius 2 is 1.76 bits per heavy atom. The van der Waals surface area contributed by atoms with Gasteiger partial charge in [-0.15, -0.1) is 0 Å². The van der Waals surface area contributed by atoms with E-state index in [0.29, 0.717) is 18.4 Å². The summed E-state index contributed by atoms with van der Waals surface area (Å²) in [6, 6.07) is 10.2. The lowest BCUT2D eigenvalue weighted by Crippen LogP contribution is -2.23. The maximum Gasteiger partial charge on any atom is 0.264 e. The van der Waals surface area contributed by atoms with Crippen LogP contribution in [-0.4, -0.2) is 29.4 Å². The molecule has 2 heterocycles. The molecule has 9 heteroatoms. The number of rotatable bonds is 8. The SMILES string of the molecule is CCc1nc(NS(=O)(=O)c2ccccc2Cl)ccc1/C=C/c1cnc(NC2CCCCC2)nc1. The van der Waals surface area contributed by atoms with Crippen molar-refractivity contribution in [2.45, 2.75) is 56.4 Å². The Kier molecular flexibility index (Phi) is 7.80. The molecule has 4 rings (SSSR count). The van der Waals surface area contributed by atoms with Gasteiger partial charge in [0.1, 0.15) is 10.7 Å². The molecular weight excluding hydrogens is 470 g/mol. The van der Waals surface area contributed by atoms with Gasteiger partial charge in [0.2, 0.25) is 5.95 Å². The zero-order chi connectivity index (χ0) is 24.0. The Morgan fingerprint density at radius 1 is 1.03 bits per heavy atom. The van der Waals surface area contributed by atoms with E-state index in [-0.39, 0.29) is 15.7 Å². The highest BCUT2D eigenvalue weighted by molar-refractivity contribution is 7.92. The summed E-state index contributed by atoms with van der Waals surface area (Å²) in [5, 5.41) is 3.58. The summed E-state index contributed by atoms with van der Waals surface area (Å²) in [4.78, 5) is 13.4. The van der Waals surface area contributed by atoms with Gasteiger partial charge >= 0.3 is 0 Å². The molecule has 0 saturated heterocycles. The van der Waals surface area contributed by atoms with Gasteiger partial charge in [0.05, 0.1) is 5.02 Å². The molecule has 2 N–H and O–H groups in total. The molecule has 0 atom stereocenters. The van der Waals surface area contributed by atoms with Gasteiger partial charge in [-0.3, -0.25) is 4.72 Å². The molecule has 1 fully saturated rings. The third-order valence-electron chi connectivity index (χ3n) is 5.77. The molecule has 0 aliphatic heterocycles. The minimum atomic E-state index is -3.84. The van der Waals surface area contributed by atoms with Crippen LogP contribution in [0.5, 0.6) is 0 Å². The fraction of sp³-hybridized carbons (Fsp3) is 0.320. The number of hydrogen-bond acceptors (Lipinski definition) is 6. The minimum absolute atomic E-state index is 0.0157. The first kappa shape index (κ1) is 24.2. The van der Waals surface area contributed by atoms with Gasteiger partial charge in [-0.05, 0) is 49.1 Å². The number of anilines is 2. The Labute approximate surface area is 205 Å². The Morgan fingerprint density at radius 3 is 2.47 bits per heavy atom. The highest BCUT2D eigenvalue weighted by atomic mass is 35.5. The molecule has 34 heavy (non-hydrogen) atoms. The molecule has 7 nitrogen and oxygen atoms in total. The molecule has 0 unspecified atom stereocenters. The van der Waals surface area contributed by atoms with Crippen molar-refractivity contribution >= 4 is 45.5 Å². The van der Waals surface area contributed by atoms with Crippen molar-refractivity contribution in [3.63, 3.8) is 0 Å². The van der Waals surface area contributed by atoms with Crippen LogP contribution < -0.4 is 10.0 Å². The number of benzene rings is 1. The van der Waals surface area contributed by atoms with Crippen molar-refractivity contribution in [1.29, 1.82) is 0 Å². The fourth-order valence-corrected chi connectivity index (χ4v) is 5.50. The molecule has 2 aromatic heterocycles. The van der Waals surface area contributed by atoms with Crippen molar-refractivity contribution in [2.75, 3.05) is 10.0 Å². The van der Waals surface area contributed by atoms with Crippen molar-refractivity contribution in [3.8, 4) is 0 Å². The largest absolute Gasteiger partial charge is 0.351 e. The third-order valence-corrected chi connectivity index (χ3v) is 7.63. The number of nitrogens with zero attached hydrogens (tertiary/aromatic N) is 3. The van der Waals surface area contributed by atoms with Crippen LogP contribution in [0.2, 0.25) is 5.02 Å². The zero-order valence-corrected chi connectivity index (χ0v) is 20.6. The van der Waals surface area contributed by atoms with E-state index in [2.05, 4.69) is 25.0 Å². The van der Waals surface area contributed by atoms with Crippen molar-refractivity contribution in [3.05, 3.63) is 70.6 Å². The van der Waals surface area contributed by atoms with Crippen LogP contribution in [-0.2, 0) is 16.4 Å². The smallest absolute Gasteiger partial charge is 0.264 e. The first-order valence-corrected chi connectivity index (χ1v) is 13.3. The second-order valence-electron chi connectivity index (χ2n) is 8.27. The second kappa shape index (κ2) is 11.0. The average Bonchev–Trinajstić information content (AvgIpc) is 2.84. The molecule has 0 amide bonds. The van der Waals surface area contributed by atoms with Gasteiger partial charge in [-0.1, -0.05) is 62.1 Å². The number of aryl methyl sites for hydroxylation is 1. The van der Waals surface area contributed by atoms with E-state index >= 15 is 0 Å². The number of sulfonamides is 1. The highest BCUT2D eigenvalue weighted by Crippen LogP contribution is 2.24. The summed E-state index contributed by atoms with van der Waals surface area (Å²) in [6.07, 6.45) is 14.2. The van der Waals surface area contributed by atoms with Crippen LogP contribution >= 0.6 is 11.6 Å². The van der Waals surface area contributed by atoms with Crippen LogP contribution in [0, 0.1) is 0 Å². The molecule has 1 aliphatic rings. The van der Waals surface area contributed by atoms with Crippen LogP contribution in [0.4, 0.5) is 11.8 Å². The molecule has 0 spiro atoms. The molecule has 1 aliphatic carbocycles. The summed E-state index contributed by atoms with van der Waals surface area (Å²) in [7, 11) is -3.84. The number of pyridine rings is 1. The topological polar surface area (TPSA) is 96.9 Å². The normalized spacial score (nSPS) is 14.9. The Balaban J connectivity index is 1.45. The van der Waals surface area contributed by atoms with E-state index in [1.54, 1.807) is 30.6 Å². The van der Waals surface area contributed by atoms with Crippen molar-refractivity contribution in [1.82, 2.24) is 15.0 Å². The van der Waals surface area contributed by atoms with E-state index in [0.717, 1.165) is 16.8 Å². The van der Waals surface area contributed by atoms with Crippen LogP contribution in [0.15, 0.2) is 53.7 Å². The van der Waals surface area contributed by atoms with Gasteiger partial charge in [0, 0.05) is 29.7 Å². The number of nitrogens with one attached hydrogen (secondary N) is 2. The average molecular weight is 498 g/mol. The quantitative estimate of drug-likeness (QED) is 0.408. The number of hydrogen-bond donors (Lipinski definition) is 2. The van der Waals surface area contributed by atoms with Gasteiger partial charge in [-0.25, -0.2) is 23.4 Å². The molecule has 0 radical (unpaired) electrons. The maximum atomic E-state index is 12.7. The monoisotopic (exact) mass is 497 g/mol. The lowest BCUT2D eigenvalue weighted by atomic mass is 9.96. The first-order valence-electron chi connectivity index (χ1n) is 11.5. The predicted octanol–water partition coefficient (Wildman–Crippen LogP) is 5.80. The summed E-state index contributed by atoms with van der Waals surface area (Å²) in [5.41, 5.74) is 2.54. The lowest BCUT2D eigenvalue weighted by Gasteiger charge is -2.22. The summed E-state index contributed by atoms with van der Waals surface area (Å²) in [6.45, 7) is 1.97. The fourth-order valence-electron chi connectivity index (χ4n) is 3.97. The van der Waals surface area contributed by atoms with Gasteiger partial charge in [0.15, 0.2) is 0 Å². The van der Waals surface area contributed by atoms with Crippen LogP contribution in [0.25, 0.3) is 12.2 Å².